The van der Waals surface area contributed by atoms with E-state index in [4.69, 9.17) is 0 Å². The number of hydrogen-bond donors (Lipinski definition) is 0. The van der Waals surface area contributed by atoms with Gasteiger partial charge in [-0.15, -0.1) is 0 Å². The highest BCUT2D eigenvalue weighted by atomic mass is 16.2. The van der Waals surface area contributed by atoms with E-state index in [1.807, 2.05) is 37.3 Å². The standard InChI is InChI=1S/C19H16N2O2/c1-10-8-15(13-4-2-3-5-14(13)20-10)21-18(22)16-11-6-7-12(9-11)17(16)19(21)23/h2-8,11-12,16-17H,9H2,1H3. The second-order valence-electron chi connectivity index (χ2n) is 6.81. The maximum absolute atomic E-state index is 13.0. The van der Waals surface area contributed by atoms with Gasteiger partial charge in [-0.2, -0.15) is 0 Å². The van der Waals surface area contributed by atoms with Gasteiger partial charge >= 0.3 is 0 Å². The summed E-state index contributed by atoms with van der Waals surface area (Å²) in [6.45, 7) is 1.90. The average molecular weight is 304 g/mol. The number of aryl methyl sites for hydroxylation is 1. The molecule has 2 aliphatic carbocycles. The molecule has 0 N–H and O–H groups in total. The lowest BCUT2D eigenvalue weighted by Gasteiger charge is -2.19. The van der Waals surface area contributed by atoms with Gasteiger partial charge in [-0.25, -0.2) is 4.90 Å². The fourth-order valence-corrected chi connectivity index (χ4v) is 4.61. The second kappa shape index (κ2) is 4.28. The fraction of sp³-hybridized carbons (Fsp3) is 0.316. The number of hydrogen-bond acceptors (Lipinski definition) is 3. The van der Waals surface area contributed by atoms with Gasteiger partial charge in [-0.05, 0) is 37.3 Å². The third kappa shape index (κ3) is 1.58. The van der Waals surface area contributed by atoms with Crippen molar-refractivity contribution in [3.05, 3.63) is 48.2 Å². The zero-order valence-electron chi connectivity index (χ0n) is 12.8. The Labute approximate surface area is 133 Å². The number of fused-ring (bicyclic) bond motifs is 6. The molecule has 114 valence electrons. The van der Waals surface area contributed by atoms with E-state index in [-0.39, 0.29) is 35.5 Å². The van der Waals surface area contributed by atoms with Gasteiger partial charge in [0.1, 0.15) is 0 Å². The fourth-order valence-electron chi connectivity index (χ4n) is 4.61. The van der Waals surface area contributed by atoms with Crippen molar-refractivity contribution < 1.29 is 9.59 Å². The molecule has 1 saturated heterocycles. The van der Waals surface area contributed by atoms with Gasteiger partial charge in [-0.3, -0.25) is 14.6 Å². The smallest absolute Gasteiger partial charge is 0.238 e. The molecule has 0 radical (unpaired) electrons. The lowest BCUT2D eigenvalue weighted by molar-refractivity contribution is -0.123. The molecular weight excluding hydrogens is 288 g/mol. The van der Waals surface area contributed by atoms with Crippen molar-refractivity contribution in [2.24, 2.45) is 23.7 Å². The van der Waals surface area contributed by atoms with Gasteiger partial charge in [-0.1, -0.05) is 30.4 Å². The zero-order valence-corrected chi connectivity index (χ0v) is 12.8. The molecule has 2 bridgehead atoms. The number of para-hydroxylation sites is 1. The number of benzene rings is 1. The van der Waals surface area contributed by atoms with Gasteiger partial charge in [0.05, 0.1) is 23.0 Å². The third-order valence-electron chi connectivity index (χ3n) is 5.53. The Kier molecular flexibility index (Phi) is 2.42. The molecular formula is C19H16N2O2. The molecule has 2 aromatic rings. The second-order valence-corrected chi connectivity index (χ2v) is 6.81. The molecule has 4 unspecified atom stereocenters. The number of allylic oxidation sites excluding steroid dienone is 2. The summed E-state index contributed by atoms with van der Waals surface area (Å²) in [5.74, 6) is 0.0796. The Morgan fingerprint density at radius 1 is 1.04 bits per heavy atom. The number of carbonyl (C=O) groups is 2. The largest absolute Gasteiger partial charge is 0.274 e. The minimum Gasteiger partial charge on any atom is -0.274 e. The van der Waals surface area contributed by atoms with Crippen molar-refractivity contribution in [3.8, 4) is 0 Å². The third-order valence-corrected chi connectivity index (χ3v) is 5.53. The number of carbonyl (C=O) groups excluding carboxylic acids is 2. The van der Waals surface area contributed by atoms with Crippen molar-refractivity contribution in [3.63, 3.8) is 0 Å². The maximum atomic E-state index is 13.0. The summed E-state index contributed by atoms with van der Waals surface area (Å²) in [5, 5.41) is 0.861. The van der Waals surface area contributed by atoms with Crippen LogP contribution in [0.2, 0.25) is 0 Å². The molecule has 4 heteroatoms. The summed E-state index contributed by atoms with van der Waals surface area (Å²) >= 11 is 0. The van der Waals surface area contributed by atoms with Crippen LogP contribution >= 0.6 is 0 Å². The van der Waals surface area contributed by atoms with Crippen molar-refractivity contribution >= 4 is 28.4 Å². The van der Waals surface area contributed by atoms with Gasteiger partial charge in [0, 0.05) is 11.1 Å². The predicted octanol–water partition coefficient (Wildman–Crippen LogP) is 2.85. The van der Waals surface area contributed by atoms with Gasteiger partial charge < -0.3 is 0 Å². The van der Waals surface area contributed by atoms with Crippen LogP contribution in [0.4, 0.5) is 5.69 Å². The minimum absolute atomic E-state index is 0.0346. The highest BCUT2D eigenvalue weighted by Crippen LogP contribution is 2.53. The first kappa shape index (κ1) is 13.0. The summed E-state index contributed by atoms with van der Waals surface area (Å²) in [4.78, 5) is 31.9. The lowest BCUT2D eigenvalue weighted by atomic mass is 9.85. The average Bonchev–Trinajstić information content (AvgIpc) is 3.21. The maximum Gasteiger partial charge on any atom is 0.238 e. The normalized spacial score (nSPS) is 31.4. The molecule has 1 aromatic heterocycles. The zero-order chi connectivity index (χ0) is 15.7. The van der Waals surface area contributed by atoms with Crippen LogP contribution in [-0.2, 0) is 9.59 Å². The number of imide groups is 1. The van der Waals surface area contributed by atoms with Gasteiger partial charge in [0.2, 0.25) is 11.8 Å². The summed E-state index contributed by atoms with van der Waals surface area (Å²) in [6, 6.07) is 9.54. The molecule has 0 spiro atoms. The predicted molar refractivity (Wildman–Crippen MR) is 86.7 cm³/mol. The first-order valence-corrected chi connectivity index (χ1v) is 8.07. The quantitative estimate of drug-likeness (QED) is 0.601. The number of nitrogens with zero attached hydrogens (tertiary/aromatic N) is 2. The van der Waals surface area contributed by atoms with Crippen LogP contribution in [0.5, 0.6) is 0 Å². The van der Waals surface area contributed by atoms with Crippen molar-refractivity contribution in [2.45, 2.75) is 13.3 Å². The van der Waals surface area contributed by atoms with Crippen LogP contribution in [0.1, 0.15) is 12.1 Å². The van der Waals surface area contributed by atoms with Crippen LogP contribution in [-0.4, -0.2) is 16.8 Å². The Morgan fingerprint density at radius 3 is 2.39 bits per heavy atom. The van der Waals surface area contributed by atoms with E-state index < -0.39 is 0 Å². The molecule has 4 nitrogen and oxygen atoms in total. The summed E-state index contributed by atoms with van der Waals surface area (Å²) in [5.41, 5.74) is 2.33. The molecule has 1 aromatic carbocycles. The van der Waals surface area contributed by atoms with Gasteiger partial charge in [0.15, 0.2) is 0 Å². The molecule has 3 aliphatic rings. The van der Waals surface area contributed by atoms with Crippen LogP contribution in [0.25, 0.3) is 10.9 Å². The molecule has 5 rings (SSSR count). The van der Waals surface area contributed by atoms with E-state index in [1.54, 1.807) is 0 Å². The monoisotopic (exact) mass is 304 g/mol. The first-order chi connectivity index (χ1) is 11.1. The summed E-state index contributed by atoms with van der Waals surface area (Å²) in [7, 11) is 0. The van der Waals surface area contributed by atoms with Crippen molar-refractivity contribution in [2.75, 3.05) is 4.90 Å². The van der Waals surface area contributed by atoms with Crippen molar-refractivity contribution in [1.29, 1.82) is 0 Å². The Balaban J connectivity index is 1.69. The van der Waals surface area contributed by atoms with E-state index in [9.17, 15) is 9.59 Å². The Morgan fingerprint density at radius 2 is 1.70 bits per heavy atom. The molecule has 2 heterocycles. The number of pyridine rings is 1. The van der Waals surface area contributed by atoms with Crippen LogP contribution in [0.15, 0.2) is 42.5 Å². The van der Waals surface area contributed by atoms with Gasteiger partial charge in [0.25, 0.3) is 0 Å². The number of anilines is 1. The van der Waals surface area contributed by atoms with Crippen molar-refractivity contribution in [1.82, 2.24) is 4.98 Å². The molecule has 23 heavy (non-hydrogen) atoms. The number of amides is 2. The van der Waals surface area contributed by atoms with E-state index in [1.165, 1.54) is 4.90 Å². The Hall–Kier alpha value is -2.49. The molecule has 4 atom stereocenters. The van der Waals surface area contributed by atoms with Crippen LogP contribution < -0.4 is 4.90 Å². The molecule has 2 fully saturated rings. The first-order valence-electron chi connectivity index (χ1n) is 8.07. The van der Waals surface area contributed by atoms with E-state index in [2.05, 4.69) is 17.1 Å². The SMILES string of the molecule is Cc1cc(N2C(=O)C3C4C=CC(C4)C3C2=O)c2ccccc2n1. The summed E-state index contributed by atoms with van der Waals surface area (Å²) < 4.78 is 0. The highest BCUT2D eigenvalue weighted by Gasteiger charge is 2.59. The number of aromatic nitrogens is 1. The molecule has 1 aliphatic heterocycles. The van der Waals surface area contributed by atoms with Crippen LogP contribution in [0.3, 0.4) is 0 Å². The lowest BCUT2D eigenvalue weighted by Crippen LogP contribution is -2.33. The Bertz CT molecular complexity index is 871. The highest BCUT2D eigenvalue weighted by molar-refractivity contribution is 6.25. The van der Waals surface area contributed by atoms with E-state index in [0.717, 1.165) is 23.0 Å². The number of rotatable bonds is 1. The minimum atomic E-state index is -0.162. The summed E-state index contributed by atoms with van der Waals surface area (Å²) in [6.07, 6.45) is 5.20. The van der Waals surface area contributed by atoms with Crippen LogP contribution in [0, 0.1) is 30.6 Å². The topological polar surface area (TPSA) is 50.3 Å². The van der Waals surface area contributed by atoms with E-state index in [0.29, 0.717) is 5.69 Å². The molecule has 1 saturated carbocycles. The molecule has 2 amide bonds. The van der Waals surface area contributed by atoms with E-state index >= 15 is 0 Å².